The van der Waals surface area contributed by atoms with Gasteiger partial charge in [-0.1, -0.05) is 57.8 Å². The van der Waals surface area contributed by atoms with Gasteiger partial charge in [-0.05, 0) is 92.7 Å². The van der Waals surface area contributed by atoms with Crippen LogP contribution in [0.4, 0.5) is 26.3 Å². The number of carbonyl (C=O) groups excluding carboxylic acids is 2. The summed E-state index contributed by atoms with van der Waals surface area (Å²) in [7, 11) is 2.70. The van der Waals surface area contributed by atoms with E-state index < -0.39 is 35.4 Å². The van der Waals surface area contributed by atoms with Crippen LogP contribution in [0.5, 0.6) is 11.5 Å². The first kappa shape index (κ1) is 41.3. The molecule has 5 rings (SSSR count). The molecule has 0 atom stereocenters. The lowest BCUT2D eigenvalue weighted by Gasteiger charge is -2.23. The van der Waals surface area contributed by atoms with Crippen molar-refractivity contribution >= 4 is 11.9 Å². The number of amides is 1. The summed E-state index contributed by atoms with van der Waals surface area (Å²) in [4.78, 5) is 29.6. The highest BCUT2D eigenvalue weighted by Crippen LogP contribution is 2.36. The Morgan fingerprint density at radius 3 is 1.40 bits per heavy atom. The van der Waals surface area contributed by atoms with Crippen LogP contribution in [-0.4, -0.2) is 50.9 Å². The average molecular weight is 744 g/mol. The third kappa shape index (κ3) is 12.6. The van der Waals surface area contributed by atoms with E-state index in [2.05, 4.69) is 0 Å². The summed E-state index contributed by atoms with van der Waals surface area (Å²) in [5, 5.41) is 0.954. The highest BCUT2D eigenvalue weighted by atomic mass is 19.4. The van der Waals surface area contributed by atoms with E-state index in [0.29, 0.717) is 37.6 Å². The van der Waals surface area contributed by atoms with Crippen molar-refractivity contribution in [3.63, 3.8) is 0 Å². The Morgan fingerprint density at radius 1 is 0.615 bits per heavy atom. The van der Waals surface area contributed by atoms with Crippen LogP contribution in [-0.2, 0) is 21.9 Å². The van der Waals surface area contributed by atoms with Crippen molar-refractivity contribution in [2.75, 3.05) is 34.0 Å². The molecule has 3 fully saturated rings. The number of carbonyl (C=O) groups is 2. The van der Waals surface area contributed by atoms with E-state index in [4.69, 9.17) is 19.0 Å². The molecule has 52 heavy (non-hydrogen) atoms. The predicted molar refractivity (Wildman–Crippen MR) is 183 cm³/mol. The van der Waals surface area contributed by atoms with Crippen molar-refractivity contribution in [1.82, 2.24) is 5.06 Å². The zero-order valence-corrected chi connectivity index (χ0v) is 30.1. The van der Waals surface area contributed by atoms with Crippen LogP contribution in [0, 0.1) is 17.8 Å². The first-order chi connectivity index (χ1) is 24.8. The molecular weight excluding hydrogens is 692 g/mol. The lowest BCUT2D eigenvalue weighted by molar-refractivity contribution is -0.138. The molecule has 2 aromatic rings. The highest BCUT2D eigenvalue weighted by Gasteiger charge is 2.34. The second-order valence-electron chi connectivity index (χ2n) is 14.1. The number of alkyl halides is 6. The summed E-state index contributed by atoms with van der Waals surface area (Å²) in [6.45, 7) is 0.977. The highest BCUT2D eigenvalue weighted by molar-refractivity contribution is 5.96. The van der Waals surface area contributed by atoms with E-state index in [0.717, 1.165) is 112 Å². The fraction of sp³-hybridized carbons (Fsp3) is 0.641. The summed E-state index contributed by atoms with van der Waals surface area (Å²) in [6, 6.07) is 5.94. The van der Waals surface area contributed by atoms with Crippen LogP contribution >= 0.6 is 0 Å². The largest absolute Gasteiger partial charge is 0.492 e. The normalized spacial score (nSPS) is 17.8. The maximum atomic E-state index is 13.1. The number of hydrogen-bond acceptors (Lipinski definition) is 6. The number of esters is 1. The minimum atomic E-state index is -4.49. The Hall–Kier alpha value is -3.48. The lowest BCUT2D eigenvalue weighted by atomic mass is 9.90. The first-order valence-electron chi connectivity index (χ1n) is 18.4. The smallest absolute Gasteiger partial charge is 0.416 e. The van der Waals surface area contributed by atoms with Gasteiger partial charge in [0.15, 0.2) is 0 Å². The molecule has 290 valence electrons. The van der Waals surface area contributed by atoms with Gasteiger partial charge >= 0.3 is 18.3 Å². The van der Waals surface area contributed by atoms with Crippen LogP contribution in [0.15, 0.2) is 36.4 Å². The van der Waals surface area contributed by atoms with Crippen LogP contribution in [0.25, 0.3) is 0 Å². The first-order valence-corrected chi connectivity index (χ1v) is 18.4. The van der Waals surface area contributed by atoms with Gasteiger partial charge in [0.2, 0.25) is 0 Å². The van der Waals surface area contributed by atoms with E-state index in [1.54, 1.807) is 0 Å². The van der Waals surface area contributed by atoms with Gasteiger partial charge in [-0.2, -0.15) is 26.3 Å². The monoisotopic (exact) mass is 743 g/mol. The average Bonchev–Trinajstić information content (AvgIpc) is 3.15. The van der Waals surface area contributed by atoms with E-state index >= 15 is 0 Å². The SMILES string of the molecule is CON(C)C(=O)c1ccc(C(F)(F)F)cc1OCC1CCCCC1.O=C(OCC1CCCCC1)c1ccc(C(F)(F)F)cc1OCC1CCCCC1. The number of ether oxygens (including phenoxy) is 3. The molecular formula is C39H51F6NO6. The molecule has 2 aromatic carbocycles. The maximum absolute atomic E-state index is 13.1. The second-order valence-corrected chi connectivity index (χ2v) is 14.1. The molecule has 3 aliphatic rings. The fourth-order valence-electron chi connectivity index (χ4n) is 6.98. The topological polar surface area (TPSA) is 74.3 Å². The van der Waals surface area contributed by atoms with Gasteiger partial charge in [-0.25, -0.2) is 9.86 Å². The van der Waals surface area contributed by atoms with E-state index in [1.165, 1.54) is 39.5 Å². The van der Waals surface area contributed by atoms with Crippen LogP contribution in [0.3, 0.4) is 0 Å². The third-order valence-electron chi connectivity index (χ3n) is 10.2. The molecule has 0 N–H and O–H groups in total. The lowest BCUT2D eigenvalue weighted by Crippen LogP contribution is -2.26. The molecule has 0 unspecified atom stereocenters. The summed E-state index contributed by atoms with van der Waals surface area (Å²) in [6.07, 6.45) is 7.44. The Morgan fingerprint density at radius 2 is 1.00 bits per heavy atom. The Labute approximate surface area is 302 Å². The Balaban J connectivity index is 0.000000236. The van der Waals surface area contributed by atoms with E-state index in [9.17, 15) is 35.9 Å². The minimum Gasteiger partial charge on any atom is -0.492 e. The molecule has 0 aromatic heterocycles. The molecule has 7 nitrogen and oxygen atoms in total. The van der Waals surface area contributed by atoms with E-state index in [-0.39, 0.29) is 22.6 Å². The predicted octanol–water partition coefficient (Wildman–Crippen LogP) is 10.7. The van der Waals surface area contributed by atoms with Crippen LogP contribution in [0.2, 0.25) is 0 Å². The van der Waals surface area contributed by atoms with Gasteiger partial charge in [0, 0.05) is 7.05 Å². The molecule has 0 heterocycles. The van der Waals surface area contributed by atoms with Gasteiger partial charge in [0.25, 0.3) is 5.91 Å². The number of hydroxylamine groups is 2. The second kappa shape index (κ2) is 19.6. The number of hydrogen-bond donors (Lipinski definition) is 0. The minimum absolute atomic E-state index is 0.0194. The number of rotatable bonds is 11. The van der Waals surface area contributed by atoms with Crippen molar-refractivity contribution in [2.45, 2.75) is 109 Å². The summed E-state index contributed by atoms with van der Waals surface area (Å²) < 4.78 is 95.0. The molecule has 0 spiro atoms. The van der Waals surface area contributed by atoms with Crippen LogP contribution < -0.4 is 9.47 Å². The molecule has 0 aliphatic heterocycles. The molecule has 0 radical (unpaired) electrons. The van der Waals surface area contributed by atoms with Gasteiger partial charge < -0.3 is 14.2 Å². The number of halogens is 6. The van der Waals surface area contributed by atoms with Gasteiger partial charge in [0.1, 0.15) is 17.1 Å². The number of nitrogens with zero attached hydrogens (tertiary/aromatic N) is 1. The van der Waals surface area contributed by atoms with Crippen molar-refractivity contribution in [3.8, 4) is 11.5 Å². The third-order valence-corrected chi connectivity index (χ3v) is 10.2. The van der Waals surface area contributed by atoms with Crippen LogP contribution in [0.1, 0.15) is 128 Å². The van der Waals surface area contributed by atoms with E-state index in [1.807, 2.05) is 0 Å². The summed E-state index contributed by atoms with van der Waals surface area (Å²) >= 11 is 0. The van der Waals surface area contributed by atoms with Crippen molar-refractivity contribution in [2.24, 2.45) is 17.8 Å². The molecule has 1 amide bonds. The summed E-state index contributed by atoms with van der Waals surface area (Å²) in [5.41, 5.74) is -1.50. The summed E-state index contributed by atoms with van der Waals surface area (Å²) in [5.74, 6) is -0.231. The molecule has 0 bridgehead atoms. The van der Waals surface area contributed by atoms with Crippen molar-refractivity contribution < 1.29 is 55.0 Å². The quantitative estimate of drug-likeness (QED) is 0.130. The zero-order chi connectivity index (χ0) is 37.7. The Bertz CT molecular complexity index is 1430. The molecule has 13 heteroatoms. The maximum Gasteiger partial charge on any atom is 0.416 e. The van der Waals surface area contributed by atoms with Crippen molar-refractivity contribution in [1.29, 1.82) is 0 Å². The zero-order valence-electron chi connectivity index (χ0n) is 30.1. The molecule has 3 saturated carbocycles. The fourth-order valence-corrected chi connectivity index (χ4v) is 6.98. The number of benzene rings is 2. The molecule has 0 saturated heterocycles. The standard InChI is InChI=1S/C22H29F3O3.C17H22F3NO3/c23-22(24,25)18-11-12-19(21(26)28-15-17-9-5-2-6-10-17)20(13-18)27-14-16-7-3-1-4-8-16;1-21(23-2)16(22)14-9-8-13(17(18,19)20)10-15(14)24-11-12-6-4-3-5-7-12/h11-13,16-17H,1-10,14-15H2;8-10,12H,3-7,11H2,1-2H3. The Kier molecular flexibility index (Phi) is 15.5. The molecule has 3 aliphatic carbocycles. The van der Waals surface area contributed by atoms with Crippen molar-refractivity contribution in [3.05, 3.63) is 58.7 Å². The van der Waals surface area contributed by atoms with Gasteiger partial charge in [-0.3, -0.25) is 9.63 Å². The van der Waals surface area contributed by atoms with Gasteiger partial charge in [0.05, 0.1) is 43.6 Å². The van der Waals surface area contributed by atoms with Gasteiger partial charge in [-0.15, -0.1) is 0 Å².